The fourth-order valence-corrected chi connectivity index (χ4v) is 4.19. The highest BCUT2D eigenvalue weighted by Gasteiger charge is 2.36. The van der Waals surface area contributed by atoms with Gasteiger partial charge in [-0.1, -0.05) is 41.9 Å². The Hall–Kier alpha value is -3.29. The standard InChI is InChI=1S/C23H17ClN2O4S/c1-30-19-11-6-14-4-2-3-5-17(14)18(19)12-20-22(28)26(23(29)31-20)13-21(27)25-16-9-7-15(24)8-10-16/h2-12H,13H2,1H3,(H,25,27)/b20-12+. The molecule has 0 atom stereocenters. The lowest BCUT2D eigenvalue weighted by Gasteiger charge is -2.12. The summed E-state index contributed by atoms with van der Waals surface area (Å²) in [5, 5.41) is 4.57. The van der Waals surface area contributed by atoms with Gasteiger partial charge >= 0.3 is 0 Å². The Kier molecular flexibility index (Phi) is 5.97. The Morgan fingerprint density at radius 3 is 2.58 bits per heavy atom. The SMILES string of the molecule is COc1ccc2ccccc2c1/C=C1/SC(=O)N(CC(=O)Nc2ccc(Cl)cc2)C1=O. The van der Waals surface area contributed by atoms with Crippen LogP contribution in [0.15, 0.2) is 65.6 Å². The number of hydrogen-bond donors (Lipinski definition) is 1. The average Bonchev–Trinajstić information content (AvgIpc) is 3.03. The van der Waals surface area contributed by atoms with Crippen molar-refractivity contribution in [2.75, 3.05) is 19.0 Å². The van der Waals surface area contributed by atoms with Gasteiger partial charge in [0.15, 0.2) is 0 Å². The second kappa shape index (κ2) is 8.83. The highest BCUT2D eigenvalue weighted by atomic mass is 35.5. The van der Waals surface area contributed by atoms with Gasteiger partial charge in [0.05, 0.1) is 12.0 Å². The quantitative estimate of drug-likeness (QED) is 0.540. The lowest BCUT2D eigenvalue weighted by molar-refractivity contribution is -0.127. The predicted molar refractivity (Wildman–Crippen MR) is 123 cm³/mol. The Morgan fingerprint density at radius 1 is 1.10 bits per heavy atom. The third kappa shape index (κ3) is 4.42. The van der Waals surface area contributed by atoms with Crippen LogP contribution in [0.25, 0.3) is 16.8 Å². The van der Waals surface area contributed by atoms with Crippen LogP contribution in [0, 0.1) is 0 Å². The van der Waals surface area contributed by atoms with Crippen molar-refractivity contribution < 1.29 is 19.1 Å². The van der Waals surface area contributed by atoms with Crippen molar-refractivity contribution in [3.63, 3.8) is 0 Å². The maximum atomic E-state index is 12.9. The molecule has 1 aliphatic heterocycles. The minimum absolute atomic E-state index is 0.235. The molecule has 0 unspecified atom stereocenters. The molecule has 0 radical (unpaired) electrons. The molecule has 3 aromatic rings. The molecular formula is C23H17ClN2O4S. The summed E-state index contributed by atoms with van der Waals surface area (Å²) in [6, 6.07) is 18.0. The summed E-state index contributed by atoms with van der Waals surface area (Å²) in [6.45, 7) is -0.378. The minimum atomic E-state index is -0.517. The number of carbonyl (C=O) groups is 3. The number of anilines is 1. The van der Waals surface area contributed by atoms with Crippen LogP contribution in [-0.2, 0) is 9.59 Å². The van der Waals surface area contributed by atoms with Gasteiger partial charge in [-0.2, -0.15) is 0 Å². The smallest absolute Gasteiger partial charge is 0.294 e. The van der Waals surface area contributed by atoms with Gasteiger partial charge in [0.25, 0.3) is 11.1 Å². The van der Waals surface area contributed by atoms with E-state index in [9.17, 15) is 14.4 Å². The molecule has 0 bridgehead atoms. The number of amides is 3. The molecule has 0 aliphatic carbocycles. The third-order valence-electron chi connectivity index (χ3n) is 4.73. The number of hydrogen-bond acceptors (Lipinski definition) is 5. The molecule has 6 nitrogen and oxygen atoms in total. The number of ether oxygens (including phenoxy) is 1. The number of thioether (sulfide) groups is 1. The van der Waals surface area contributed by atoms with Crippen LogP contribution in [0.5, 0.6) is 5.75 Å². The molecule has 0 saturated carbocycles. The molecule has 3 amide bonds. The van der Waals surface area contributed by atoms with Gasteiger partial charge < -0.3 is 10.1 Å². The summed E-state index contributed by atoms with van der Waals surface area (Å²) < 4.78 is 5.45. The number of nitrogens with one attached hydrogen (secondary N) is 1. The van der Waals surface area contributed by atoms with Crippen molar-refractivity contribution in [2.24, 2.45) is 0 Å². The Balaban J connectivity index is 1.57. The summed E-state index contributed by atoms with van der Waals surface area (Å²) in [5.41, 5.74) is 1.23. The molecule has 156 valence electrons. The maximum absolute atomic E-state index is 12.9. The molecule has 3 aromatic carbocycles. The van der Waals surface area contributed by atoms with Gasteiger partial charge in [-0.05, 0) is 58.9 Å². The van der Waals surface area contributed by atoms with E-state index in [-0.39, 0.29) is 11.4 Å². The number of carbonyl (C=O) groups excluding carboxylic acids is 3. The first-order valence-electron chi connectivity index (χ1n) is 9.33. The largest absolute Gasteiger partial charge is 0.496 e. The fourth-order valence-electron chi connectivity index (χ4n) is 3.25. The number of methoxy groups -OCH3 is 1. The molecule has 0 spiro atoms. The van der Waals surface area contributed by atoms with Crippen LogP contribution in [-0.4, -0.2) is 35.6 Å². The van der Waals surface area contributed by atoms with E-state index in [0.717, 1.165) is 27.4 Å². The van der Waals surface area contributed by atoms with E-state index in [4.69, 9.17) is 16.3 Å². The lowest BCUT2D eigenvalue weighted by atomic mass is 10.0. The molecular weight excluding hydrogens is 436 g/mol. The molecule has 1 heterocycles. The summed E-state index contributed by atoms with van der Waals surface area (Å²) in [4.78, 5) is 38.8. The van der Waals surface area contributed by atoms with Crippen molar-refractivity contribution >= 4 is 63.0 Å². The summed E-state index contributed by atoms with van der Waals surface area (Å²) >= 11 is 6.64. The van der Waals surface area contributed by atoms with Crippen molar-refractivity contribution in [3.8, 4) is 5.75 Å². The number of fused-ring (bicyclic) bond motifs is 1. The third-order valence-corrected chi connectivity index (χ3v) is 5.89. The van der Waals surface area contributed by atoms with Gasteiger partial charge in [0.2, 0.25) is 5.91 Å². The van der Waals surface area contributed by atoms with Crippen molar-refractivity contribution in [3.05, 3.63) is 76.2 Å². The summed E-state index contributed by atoms with van der Waals surface area (Å²) in [5.74, 6) is -0.407. The van der Waals surface area contributed by atoms with Crippen LogP contribution in [0.2, 0.25) is 5.02 Å². The summed E-state index contributed by atoms with van der Waals surface area (Å²) in [7, 11) is 1.55. The van der Waals surface area contributed by atoms with Crippen LogP contribution in [0.3, 0.4) is 0 Å². The zero-order chi connectivity index (χ0) is 22.0. The monoisotopic (exact) mass is 452 g/mol. The van der Waals surface area contributed by atoms with Gasteiger partial charge in [-0.15, -0.1) is 0 Å². The van der Waals surface area contributed by atoms with Gasteiger partial charge in [-0.3, -0.25) is 19.3 Å². The minimum Gasteiger partial charge on any atom is -0.496 e. The van der Waals surface area contributed by atoms with E-state index in [0.29, 0.717) is 22.0 Å². The van der Waals surface area contributed by atoms with Crippen LogP contribution in [0.4, 0.5) is 10.5 Å². The topological polar surface area (TPSA) is 75.7 Å². The molecule has 1 saturated heterocycles. The summed E-state index contributed by atoms with van der Waals surface area (Å²) in [6.07, 6.45) is 1.64. The Morgan fingerprint density at radius 2 is 1.84 bits per heavy atom. The first-order valence-corrected chi connectivity index (χ1v) is 10.5. The van der Waals surface area contributed by atoms with Crippen LogP contribution < -0.4 is 10.1 Å². The number of benzene rings is 3. The lowest BCUT2D eigenvalue weighted by Crippen LogP contribution is -2.36. The van der Waals surface area contributed by atoms with E-state index in [2.05, 4.69) is 5.32 Å². The molecule has 1 N–H and O–H groups in total. The fraction of sp³-hybridized carbons (Fsp3) is 0.0870. The number of nitrogens with zero attached hydrogens (tertiary/aromatic N) is 1. The normalized spacial score (nSPS) is 15.0. The first-order chi connectivity index (χ1) is 15.0. The van der Waals surface area contributed by atoms with Crippen molar-refractivity contribution in [1.82, 2.24) is 4.90 Å². The molecule has 1 aliphatic rings. The van der Waals surface area contributed by atoms with Crippen LogP contribution in [0.1, 0.15) is 5.56 Å². The molecule has 1 fully saturated rings. The van der Waals surface area contributed by atoms with E-state index >= 15 is 0 Å². The van der Waals surface area contributed by atoms with Gasteiger partial charge in [0, 0.05) is 16.3 Å². The molecule has 4 rings (SSSR count). The van der Waals surface area contributed by atoms with E-state index in [1.54, 1.807) is 37.5 Å². The van der Waals surface area contributed by atoms with E-state index < -0.39 is 17.1 Å². The van der Waals surface area contributed by atoms with Crippen molar-refractivity contribution in [1.29, 1.82) is 0 Å². The maximum Gasteiger partial charge on any atom is 0.294 e. The number of rotatable bonds is 5. The zero-order valence-corrected chi connectivity index (χ0v) is 18.0. The van der Waals surface area contributed by atoms with E-state index in [1.165, 1.54) is 0 Å². The second-order valence-corrected chi connectivity index (χ2v) is 8.16. The predicted octanol–water partition coefficient (Wildman–Crippen LogP) is 5.18. The second-order valence-electron chi connectivity index (χ2n) is 6.73. The molecule has 8 heteroatoms. The highest BCUT2D eigenvalue weighted by Crippen LogP contribution is 2.36. The molecule has 31 heavy (non-hydrogen) atoms. The number of halogens is 1. The Bertz CT molecular complexity index is 1220. The van der Waals surface area contributed by atoms with E-state index in [1.807, 2.05) is 36.4 Å². The first kappa shape index (κ1) is 21.0. The number of imide groups is 1. The van der Waals surface area contributed by atoms with Crippen molar-refractivity contribution in [2.45, 2.75) is 0 Å². The van der Waals surface area contributed by atoms with Gasteiger partial charge in [0.1, 0.15) is 12.3 Å². The zero-order valence-electron chi connectivity index (χ0n) is 16.4. The van der Waals surface area contributed by atoms with Gasteiger partial charge in [-0.25, -0.2) is 0 Å². The Labute approximate surface area is 187 Å². The van der Waals surface area contributed by atoms with Crippen LogP contribution >= 0.6 is 23.4 Å². The highest BCUT2D eigenvalue weighted by molar-refractivity contribution is 8.18. The average molecular weight is 453 g/mol. The molecule has 0 aromatic heterocycles.